The van der Waals surface area contributed by atoms with Gasteiger partial charge in [-0.2, -0.15) is 0 Å². The van der Waals surface area contributed by atoms with Crippen molar-refractivity contribution >= 4 is 49.2 Å². The van der Waals surface area contributed by atoms with E-state index in [0.29, 0.717) is 10.3 Å². The van der Waals surface area contributed by atoms with Gasteiger partial charge in [0.05, 0.1) is 10.2 Å². The molecule has 94 valence electrons. The van der Waals surface area contributed by atoms with Gasteiger partial charge in [0.1, 0.15) is 34.1 Å². The number of nitrogens with zero attached hydrogens (tertiary/aromatic N) is 2. The Balaban J connectivity index is 2.40. The van der Waals surface area contributed by atoms with E-state index in [1.807, 2.05) is 0 Å². The van der Waals surface area contributed by atoms with Crippen LogP contribution in [0.5, 0.6) is 0 Å². The minimum absolute atomic E-state index is 0.0714. The number of hydrogen-bond donors (Lipinski definition) is 2. The maximum atomic E-state index is 13.5. The molecule has 0 saturated heterocycles. The molecular formula is C10H6Br2F2N4. The zero-order valence-corrected chi connectivity index (χ0v) is 11.9. The molecule has 0 saturated carbocycles. The topological polar surface area (TPSA) is 63.8 Å². The van der Waals surface area contributed by atoms with Gasteiger partial charge in [-0.1, -0.05) is 0 Å². The molecule has 8 heteroatoms. The number of halogens is 4. The van der Waals surface area contributed by atoms with E-state index in [-0.39, 0.29) is 16.0 Å². The van der Waals surface area contributed by atoms with Crippen molar-refractivity contribution in [3.63, 3.8) is 0 Å². The van der Waals surface area contributed by atoms with Gasteiger partial charge in [-0.15, -0.1) is 0 Å². The fraction of sp³-hybridized carbons (Fsp3) is 0. The van der Waals surface area contributed by atoms with E-state index >= 15 is 0 Å². The van der Waals surface area contributed by atoms with E-state index in [4.69, 9.17) is 5.73 Å². The van der Waals surface area contributed by atoms with Crippen molar-refractivity contribution in [2.24, 2.45) is 0 Å². The second-order valence-corrected chi connectivity index (χ2v) is 4.94. The van der Waals surface area contributed by atoms with Gasteiger partial charge in [0.15, 0.2) is 0 Å². The molecule has 0 atom stereocenters. The second-order valence-electron chi connectivity index (χ2n) is 3.29. The summed E-state index contributed by atoms with van der Waals surface area (Å²) in [6.45, 7) is 0. The molecule has 2 aromatic rings. The van der Waals surface area contributed by atoms with Gasteiger partial charge in [0.25, 0.3) is 0 Å². The quantitative estimate of drug-likeness (QED) is 0.782. The Morgan fingerprint density at radius 1 is 1.11 bits per heavy atom. The third-order valence-corrected chi connectivity index (χ3v) is 3.47. The standard InChI is InChI=1S/C10H6Br2F2N4/c11-4-1-7(6(14)2-5(4)13)18-10-8(12)9(15)16-3-17-10/h1-3H,(H3,15,16,17,18). The van der Waals surface area contributed by atoms with Crippen molar-refractivity contribution in [3.8, 4) is 0 Å². The SMILES string of the molecule is Nc1ncnc(Nc2cc(Br)c(F)cc2F)c1Br. The van der Waals surface area contributed by atoms with Crippen LogP contribution in [0.2, 0.25) is 0 Å². The normalized spacial score (nSPS) is 10.4. The van der Waals surface area contributed by atoms with Crippen molar-refractivity contribution in [3.05, 3.63) is 39.0 Å². The highest BCUT2D eigenvalue weighted by molar-refractivity contribution is 9.11. The Bertz CT molecular complexity index is 607. The zero-order chi connectivity index (χ0) is 13.3. The zero-order valence-electron chi connectivity index (χ0n) is 8.72. The predicted molar refractivity (Wildman–Crippen MR) is 71.5 cm³/mol. The van der Waals surface area contributed by atoms with E-state index in [0.717, 1.165) is 6.07 Å². The highest BCUT2D eigenvalue weighted by Gasteiger charge is 2.11. The number of nitrogens with one attached hydrogen (secondary N) is 1. The molecule has 1 aromatic heterocycles. The summed E-state index contributed by atoms with van der Waals surface area (Å²) in [5.74, 6) is -0.909. The molecule has 0 unspecified atom stereocenters. The van der Waals surface area contributed by atoms with Crippen LogP contribution in [0, 0.1) is 11.6 Å². The first-order valence-corrected chi connectivity index (χ1v) is 6.25. The molecule has 0 radical (unpaired) electrons. The van der Waals surface area contributed by atoms with Crippen molar-refractivity contribution in [2.45, 2.75) is 0 Å². The van der Waals surface area contributed by atoms with Crippen LogP contribution in [0.25, 0.3) is 0 Å². The lowest BCUT2D eigenvalue weighted by Crippen LogP contribution is -2.01. The van der Waals surface area contributed by atoms with Gasteiger partial charge in [-0.25, -0.2) is 18.7 Å². The van der Waals surface area contributed by atoms with Gasteiger partial charge < -0.3 is 11.1 Å². The van der Waals surface area contributed by atoms with Crippen LogP contribution in [0.3, 0.4) is 0 Å². The molecule has 0 bridgehead atoms. The third kappa shape index (κ3) is 2.59. The molecule has 4 nitrogen and oxygen atoms in total. The predicted octanol–water partition coefficient (Wildman–Crippen LogP) is 3.61. The Morgan fingerprint density at radius 2 is 1.83 bits per heavy atom. The molecule has 1 aromatic carbocycles. The van der Waals surface area contributed by atoms with Crippen molar-refractivity contribution < 1.29 is 8.78 Å². The van der Waals surface area contributed by atoms with Crippen LogP contribution in [0.4, 0.5) is 26.1 Å². The van der Waals surface area contributed by atoms with E-state index in [2.05, 4.69) is 47.1 Å². The van der Waals surface area contributed by atoms with Crippen LogP contribution in [0.1, 0.15) is 0 Å². The van der Waals surface area contributed by atoms with Crippen LogP contribution in [-0.4, -0.2) is 9.97 Å². The molecule has 3 N–H and O–H groups in total. The number of hydrogen-bond acceptors (Lipinski definition) is 4. The molecule has 0 aliphatic heterocycles. The summed E-state index contributed by atoms with van der Waals surface area (Å²) in [7, 11) is 0. The Hall–Kier alpha value is -1.28. The van der Waals surface area contributed by atoms with Gasteiger partial charge >= 0.3 is 0 Å². The molecule has 0 aliphatic rings. The third-order valence-electron chi connectivity index (χ3n) is 2.08. The van der Waals surface area contributed by atoms with Crippen molar-refractivity contribution in [2.75, 3.05) is 11.1 Å². The van der Waals surface area contributed by atoms with Crippen molar-refractivity contribution in [1.82, 2.24) is 9.97 Å². The Morgan fingerprint density at radius 3 is 2.56 bits per heavy atom. The van der Waals surface area contributed by atoms with E-state index in [1.54, 1.807) is 0 Å². The van der Waals surface area contributed by atoms with Crippen LogP contribution >= 0.6 is 31.9 Å². The molecule has 0 spiro atoms. The second kappa shape index (κ2) is 5.15. The molecule has 0 fully saturated rings. The first kappa shape index (κ1) is 13.2. The summed E-state index contributed by atoms with van der Waals surface area (Å²) in [6, 6.07) is 2.04. The van der Waals surface area contributed by atoms with Gasteiger partial charge in [0, 0.05) is 6.07 Å². The summed E-state index contributed by atoms with van der Waals surface area (Å²) in [5.41, 5.74) is 5.64. The number of aromatic nitrogens is 2. The lowest BCUT2D eigenvalue weighted by Gasteiger charge is -2.10. The van der Waals surface area contributed by atoms with Crippen molar-refractivity contribution in [1.29, 1.82) is 0 Å². The molecule has 18 heavy (non-hydrogen) atoms. The number of nitrogens with two attached hydrogens (primary N) is 1. The number of rotatable bonds is 2. The largest absolute Gasteiger partial charge is 0.383 e. The molecule has 0 amide bonds. The Labute approximate surface area is 118 Å². The summed E-state index contributed by atoms with van der Waals surface area (Å²) in [6.07, 6.45) is 1.24. The smallest absolute Gasteiger partial charge is 0.150 e. The number of benzene rings is 1. The van der Waals surface area contributed by atoms with Gasteiger partial charge in [-0.3, -0.25) is 0 Å². The van der Waals surface area contributed by atoms with Crippen LogP contribution in [0.15, 0.2) is 27.4 Å². The fourth-order valence-corrected chi connectivity index (χ4v) is 1.86. The van der Waals surface area contributed by atoms with Crippen LogP contribution in [-0.2, 0) is 0 Å². The van der Waals surface area contributed by atoms with Crippen LogP contribution < -0.4 is 11.1 Å². The van der Waals surface area contributed by atoms with E-state index < -0.39 is 11.6 Å². The van der Waals surface area contributed by atoms with E-state index in [1.165, 1.54) is 12.4 Å². The maximum Gasteiger partial charge on any atom is 0.150 e. The average molecular weight is 380 g/mol. The minimum atomic E-state index is -0.736. The molecule has 2 rings (SSSR count). The van der Waals surface area contributed by atoms with Gasteiger partial charge in [-0.05, 0) is 37.9 Å². The minimum Gasteiger partial charge on any atom is -0.383 e. The maximum absolute atomic E-state index is 13.5. The van der Waals surface area contributed by atoms with Gasteiger partial charge in [0.2, 0.25) is 0 Å². The summed E-state index contributed by atoms with van der Waals surface area (Å²) >= 11 is 6.15. The summed E-state index contributed by atoms with van der Waals surface area (Å²) < 4.78 is 27.2. The summed E-state index contributed by atoms with van der Waals surface area (Å²) in [5, 5.41) is 2.70. The first-order chi connectivity index (χ1) is 8.49. The highest BCUT2D eigenvalue weighted by Crippen LogP contribution is 2.30. The number of nitrogen functional groups attached to an aromatic ring is 1. The van der Waals surface area contributed by atoms with E-state index in [9.17, 15) is 8.78 Å². The molecule has 0 aliphatic carbocycles. The number of anilines is 3. The Kier molecular flexibility index (Phi) is 3.76. The lowest BCUT2D eigenvalue weighted by molar-refractivity contribution is 0.581. The molecular weight excluding hydrogens is 374 g/mol. The monoisotopic (exact) mass is 378 g/mol. The lowest BCUT2D eigenvalue weighted by atomic mass is 10.3. The summed E-state index contributed by atoms with van der Waals surface area (Å²) in [4.78, 5) is 7.65. The highest BCUT2D eigenvalue weighted by atomic mass is 79.9. The average Bonchev–Trinajstić information content (AvgIpc) is 2.32. The first-order valence-electron chi connectivity index (χ1n) is 4.66. The molecule has 1 heterocycles. The fourth-order valence-electron chi connectivity index (χ4n) is 1.22.